The van der Waals surface area contributed by atoms with E-state index in [1.54, 1.807) is 17.8 Å². The molecule has 96 valence electrons. The van der Waals surface area contributed by atoms with Crippen molar-refractivity contribution in [1.82, 2.24) is 19.7 Å². The van der Waals surface area contributed by atoms with Crippen molar-refractivity contribution >= 4 is 11.9 Å². The fourth-order valence-electron chi connectivity index (χ4n) is 2.22. The summed E-state index contributed by atoms with van der Waals surface area (Å²) in [5, 5.41) is 7.15. The van der Waals surface area contributed by atoms with E-state index in [1.165, 1.54) is 6.33 Å². The zero-order chi connectivity index (χ0) is 13.4. The highest BCUT2D eigenvalue weighted by Crippen LogP contribution is 2.32. The van der Waals surface area contributed by atoms with Gasteiger partial charge in [-0.15, -0.1) is 0 Å². The second kappa shape index (κ2) is 4.20. The third-order valence-electron chi connectivity index (χ3n) is 3.03. The molecule has 0 saturated heterocycles. The van der Waals surface area contributed by atoms with Crippen LogP contribution in [0, 0.1) is 0 Å². The Morgan fingerprint density at radius 2 is 2.26 bits per heavy atom. The number of primary amides is 1. The monoisotopic (exact) mass is 256 g/mol. The summed E-state index contributed by atoms with van der Waals surface area (Å²) in [6, 6.07) is 5.05. The first-order valence-corrected chi connectivity index (χ1v) is 5.76. The lowest BCUT2D eigenvalue weighted by atomic mass is 9.99. The molecule has 2 aromatic heterocycles. The van der Waals surface area contributed by atoms with Crippen molar-refractivity contribution in [2.75, 3.05) is 5.32 Å². The maximum atomic E-state index is 11.7. The van der Waals surface area contributed by atoms with Gasteiger partial charge in [0.25, 0.3) is 0 Å². The molecule has 3 heterocycles. The number of amides is 1. The highest BCUT2D eigenvalue weighted by Gasteiger charge is 2.32. The molecule has 7 heteroatoms. The second-order valence-corrected chi connectivity index (χ2v) is 4.21. The van der Waals surface area contributed by atoms with Crippen LogP contribution in [0.5, 0.6) is 0 Å². The van der Waals surface area contributed by atoms with E-state index in [9.17, 15) is 4.79 Å². The van der Waals surface area contributed by atoms with Gasteiger partial charge in [-0.3, -0.25) is 9.78 Å². The molecule has 2 aromatic rings. The number of hydrogen-bond donors (Lipinski definition) is 2. The lowest BCUT2D eigenvalue weighted by Gasteiger charge is -2.26. The number of rotatable bonds is 2. The van der Waals surface area contributed by atoms with Gasteiger partial charge in [-0.05, 0) is 19.1 Å². The molecule has 3 N–H and O–H groups in total. The second-order valence-electron chi connectivity index (χ2n) is 4.21. The molecule has 0 aliphatic carbocycles. The summed E-state index contributed by atoms with van der Waals surface area (Å²) in [4.78, 5) is 20.1. The van der Waals surface area contributed by atoms with Gasteiger partial charge in [-0.1, -0.05) is 6.07 Å². The van der Waals surface area contributed by atoms with Crippen LogP contribution in [0.3, 0.4) is 0 Å². The molecule has 19 heavy (non-hydrogen) atoms. The van der Waals surface area contributed by atoms with Crippen LogP contribution in [0.15, 0.2) is 42.0 Å². The number of aromatic nitrogens is 4. The quantitative estimate of drug-likeness (QED) is 0.812. The Morgan fingerprint density at radius 1 is 1.42 bits per heavy atom. The molecule has 0 bridgehead atoms. The van der Waals surface area contributed by atoms with Gasteiger partial charge in [0.2, 0.25) is 11.9 Å². The van der Waals surface area contributed by atoms with Gasteiger partial charge in [0.1, 0.15) is 12.4 Å². The minimum absolute atomic E-state index is 0.441. The van der Waals surface area contributed by atoms with Crippen molar-refractivity contribution in [2.24, 2.45) is 5.73 Å². The average molecular weight is 256 g/mol. The topological polar surface area (TPSA) is 98.7 Å². The number of nitrogens with two attached hydrogens (primary N) is 1. The number of carbonyl (C=O) groups excluding carboxylic acids is 1. The number of pyridine rings is 1. The maximum absolute atomic E-state index is 11.7. The van der Waals surface area contributed by atoms with Crippen LogP contribution in [0.2, 0.25) is 0 Å². The number of carbonyl (C=O) groups is 1. The molecule has 3 rings (SSSR count). The average Bonchev–Trinajstić information content (AvgIpc) is 2.85. The third-order valence-corrected chi connectivity index (χ3v) is 3.03. The van der Waals surface area contributed by atoms with Crippen molar-refractivity contribution in [3.8, 4) is 0 Å². The summed E-state index contributed by atoms with van der Waals surface area (Å²) in [6.07, 6.45) is 3.09. The van der Waals surface area contributed by atoms with Crippen LogP contribution < -0.4 is 11.1 Å². The van der Waals surface area contributed by atoms with Crippen molar-refractivity contribution in [1.29, 1.82) is 0 Å². The first-order valence-electron chi connectivity index (χ1n) is 5.76. The molecule has 1 aliphatic heterocycles. The zero-order valence-corrected chi connectivity index (χ0v) is 10.2. The third kappa shape index (κ3) is 1.75. The standard InChI is InChI=1S/C12H12N6O/c1-7-9(11(13)19)10(8-4-2-3-5-14-8)18-12(17-7)15-6-16-18/h2-6,10H,1H3,(H2,13,19)(H,15,16,17)/t10-/m0/s1. The largest absolute Gasteiger partial charge is 0.366 e. The summed E-state index contributed by atoms with van der Waals surface area (Å²) in [5.41, 5.74) is 7.29. The highest BCUT2D eigenvalue weighted by atomic mass is 16.1. The Hall–Kier alpha value is -2.70. The van der Waals surface area contributed by atoms with Crippen LogP contribution in [-0.4, -0.2) is 25.7 Å². The summed E-state index contributed by atoms with van der Waals surface area (Å²) in [6.45, 7) is 1.79. The number of allylic oxidation sites excluding steroid dienone is 1. The van der Waals surface area contributed by atoms with E-state index < -0.39 is 11.9 Å². The molecule has 0 aromatic carbocycles. The summed E-state index contributed by atoms with van der Waals surface area (Å²) in [7, 11) is 0. The van der Waals surface area contributed by atoms with E-state index in [-0.39, 0.29) is 0 Å². The molecular weight excluding hydrogens is 244 g/mol. The Balaban J connectivity index is 2.21. The first-order chi connectivity index (χ1) is 9.18. The molecule has 0 spiro atoms. The van der Waals surface area contributed by atoms with Gasteiger partial charge in [0.05, 0.1) is 11.3 Å². The minimum Gasteiger partial charge on any atom is -0.366 e. The summed E-state index contributed by atoms with van der Waals surface area (Å²) < 4.78 is 1.61. The molecule has 0 saturated carbocycles. The number of fused-ring (bicyclic) bond motifs is 1. The van der Waals surface area contributed by atoms with Crippen LogP contribution in [0.4, 0.5) is 5.95 Å². The molecule has 7 nitrogen and oxygen atoms in total. The number of hydrogen-bond acceptors (Lipinski definition) is 5. The smallest absolute Gasteiger partial charge is 0.248 e. The SMILES string of the molecule is CC1=C(C(N)=O)[C@H](c2ccccn2)n2ncnc2N1. The number of anilines is 1. The van der Waals surface area contributed by atoms with Crippen molar-refractivity contribution in [3.63, 3.8) is 0 Å². The van der Waals surface area contributed by atoms with Crippen LogP contribution in [0.25, 0.3) is 0 Å². The highest BCUT2D eigenvalue weighted by molar-refractivity contribution is 5.95. The van der Waals surface area contributed by atoms with Crippen LogP contribution in [0.1, 0.15) is 18.7 Å². The fourth-order valence-corrected chi connectivity index (χ4v) is 2.22. The Morgan fingerprint density at radius 3 is 2.95 bits per heavy atom. The molecule has 1 amide bonds. The zero-order valence-electron chi connectivity index (χ0n) is 10.2. The van der Waals surface area contributed by atoms with Gasteiger partial charge in [-0.25, -0.2) is 4.68 Å². The van der Waals surface area contributed by atoms with Gasteiger partial charge in [0, 0.05) is 11.9 Å². The van der Waals surface area contributed by atoms with Crippen molar-refractivity contribution in [3.05, 3.63) is 47.7 Å². The summed E-state index contributed by atoms with van der Waals surface area (Å²) >= 11 is 0. The van der Waals surface area contributed by atoms with Crippen LogP contribution in [-0.2, 0) is 4.79 Å². The van der Waals surface area contributed by atoms with E-state index >= 15 is 0 Å². The lowest BCUT2D eigenvalue weighted by Crippen LogP contribution is -2.32. The molecular formula is C12H12N6O. The number of nitrogens with one attached hydrogen (secondary N) is 1. The molecule has 0 unspecified atom stereocenters. The van der Waals surface area contributed by atoms with Crippen molar-refractivity contribution in [2.45, 2.75) is 13.0 Å². The van der Waals surface area contributed by atoms with E-state index in [2.05, 4.69) is 20.4 Å². The predicted molar refractivity (Wildman–Crippen MR) is 67.9 cm³/mol. The summed E-state index contributed by atoms with van der Waals surface area (Å²) in [5.74, 6) is 0.0694. The van der Waals surface area contributed by atoms with E-state index in [0.717, 1.165) is 0 Å². The fraction of sp³-hybridized carbons (Fsp3) is 0.167. The molecule has 1 atom stereocenters. The Labute approximate surface area is 109 Å². The molecule has 1 aliphatic rings. The Bertz CT molecular complexity index is 660. The van der Waals surface area contributed by atoms with Crippen molar-refractivity contribution < 1.29 is 4.79 Å². The van der Waals surface area contributed by atoms with E-state index in [4.69, 9.17) is 5.73 Å². The number of nitrogens with zero attached hydrogens (tertiary/aromatic N) is 4. The molecule has 0 fully saturated rings. The predicted octanol–water partition coefficient (Wildman–Crippen LogP) is 0.447. The van der Waals surface area contributed by atoms with E-state index in [1.807, 2.05) is 18.2 Å². The van der Waals surface area contributed by atoms with Crippen LogP contribution >= 0.6 is 0 Å². The first kappa shape index (κ1) is 11.4. The van der Waals surface area contributed by atoms with Gasteiger partial charge < -0.3 is 11.1 Å². The van der Waals surface area contributed by atoms with Gasteiger partial charge in [0.15, 0.2) is 0 Å². The molecule has 0 radical (unpaired) electrons. The minimum atomic E-state index is -0.498. The Kier molecular flexibility index (Phi) is 2.52. The lowest BCUT2D eigenvalue weighted by molar-refractivity contribution is -0.115. The van der Waals surface area contributed by atoms with Gasteiger partial charge >= 0.3 is 0 Å². The van der Waals surface area contributed by atoms with E-state index in [0.29, 0.717) is 22.9 Å². The normalized spacial score (nSPS) is 17.8. The van der Waals surface area contributed by atoms with Gasteiger partial charge in [-0.2, -0.15) is 10.1 Å². The maximum Gasteiger partial charge on any atom is 0.248 e.